The molecular weight excluding hydrogens is 176 g/mol. The van der Waals surface area contributed by atoms with Gasteiger partial charge in [-0.05, 0) is 25.7 Å². The summed E-state index contributed by atoms with van der Waals surface area (Å²) in [4.78, 5) is 11.6. The van der Waals surface area contributed by atoms with E-state index in [-0.39, 0.29) is 5.92 Å². The van der Waals surface area contributed by atoms with Crippen LogP contribution in [0.3, 0.4) is 0 Å². The van der Waals surface area contributed by atoms with Crippen molar-refractivity contribution in [3.8, 4) is 0 Å². The molecule has 0 aliphatic carbocycles. The Morgan fingerprint density at radius 3 is 2.93 bits per heavy atom. The van der Waals surface area contributed by atoms with Gasteiger partial charge in [-0.25, -0.2) is 0 Å². The average molecular weight is 198 g/mol. The molecule has 1 aliphatic heterocycles. The molecule has 0 spiro atoms. The molecule has 0 aromatic heterocycles. The van der Waals surface area contributed by atoms with E-state index in [0.29, 0.717) is 18.3 Å². The third-order valence-corrected chi connectivity index (χ3v) is 3.01. The Kier molecular flexibility index (Phi) is 5.16. The molecule has 14 heavy (non-hydrogen) atoms. The Labute approximate surface area is 87.0 Å². The van der Waals surface area contributed by atoms with Crippen LogP contribution >= 0.6 is 0 Å². The van der Waals surface area contributed by atoms with Gasteiger partial charge < -0.3 is 4.74 Å². The van der Waals surface area contributed by atoms with Crippen LogP contribution in [-0.4, -0.2) is 18.5 Å². The largest absolute Gasteiger partial charge is 0.378 e. The van der Waals surface area contributed by atoms with Gasteiger partial charge in [0.25, 0.3) is 0 Å². The number of carbonyl (C=O) groups excluding carboxylic acids is 1. The van der Waals surface area contributed by atoms with E-state index in [1.54, 1.807) is 0 Å². The van der Waals surface area contributed by atoms with Crippen molar-refractivity contribution in [3.05, 3.63) is 0 Å². The number of carbonyl (C=O) groups is 1. The first-order valence-electron chi connectivity index (χ1n) is 5.88. The van der Waals surface area contributed by atoms with Crippen LogP contribution in [0.1, 0.15) is 52.4 Å². The molecule has 0 amide bonds. The molecule has 0 aromatic rings. The first-order valence-corrected chi connectivity index (χ1v) is 5.88. The second kappa shape index (κ2) is 6.18. The highest BCUT2D eigenvalue weighted by molar-refractivity contribution is 5.80. The molecule has 2 unspecified atom stereocenters. The van der Waals surface area contributed by atoms with Gasteiger partial charge in [-0.1, -0.05) is 20.3 Å². The molecule has 0 bridgehead atoms. The lowest BCUT2D eigenvalue weighted by molar-refractivity contribution is -0.123. The Morgan fingerprint density at radius 2 is 2.36 bits per heavy atom. The lowest BCUT2D eigenvalue weighted by Crippen LogP contribution is -2.14. The van der Waals surface area contributed by atoms with Crippen molar-refractivity contribution >= 4 is 5.78 Å². The standard InChI is InChI=1S/C12H22O2/c1-3-5-10(2)12(13)8-7-11-6-4-9-14-11/h10-11H,3-9H2,1-2H3. The molecule has 82 valence electrons. The number of hydrogen-bond acceptors (Lipinski definition) is 2. The first kappa shape index (κ1) is 11.7. The molecule has 2 nitrogen and oxygen atoms in total. The number of Topliss-reactive ketones (excluding diaryl/α,β-unsaturated/α-hetero) is 1. The average Bonchev–Trinajstić information content (AvgIpc) is 2.67. The minimum absolute atomic E-state index is 0.251. The third kappa shape index (κ3) is 3.79. The minimum atomic E-state index is 0.251. The van der Waals surface area contributed by atoms with E-state index in [1.807, 2.05) is 6.92 Å². The highest BCUT2D eigenvalue weighted by Gasteiger charge is 2.18. The molecule has 1 aliphatic rings. The molecule has 0 aromatic carbocycles. The number of hydrogen-bond donors (Lipinski definition) is 0. The van der Waals surface area contributed by atoms with Crippen LogP contribution in [0.15, 0.2) is 0 Å². The van der Waals surface area contributed by atoms with Gasteiger partial charge in [0.1, 0.15) is 5.78 Å². The highest BCUT2D eigenvalue weighted by atomic mass is 16.5. The summed E-state index contributed by atoms with van der Waals surface area (Å²) < 4.78 is 5.49. The maximum absolute atomic E-state index is 11.6. The minimum Gasteiger partial charge on any atom is -0.378 e. The zero-order valence-electron chi connectivity index (χ0n) is 9.42. The summed E-state index contributed by atoms with van der Waals surface area (Å²) in [6, 6.07) is 0. The van der Waals surface area contributed by atoms with Gasteiger partial charge in [0.15, 0.2) is 0 Å². The summed E-state index contributed by atoms with van der Waals surface area (Å²) in [6.07, 6.45) is 6.47. The summed E-state index contributed by atoms with van der Waals surface area (Å²) in [5, 5.41) is 0. The van der Waals surface area contributed by atoms with E-state index >= 15 is 0 Å². The quantitative estimate of drug-likeness (QED) is 0.656. The Balaban J connectivity index is 2.13. The van der Waals surface area contributed by atoms with Crippen LogP contribution in [-0.2, 0) is 9.53 Å². The molecular formula is C12H22O2. The fourth-order valence-electron chi connectivity index (χ4n) is 2.02. The van der Waals surface area contributed by atoms with Crippen molar-refractivity contribution < 1.29 is 9.53 Å². The Hall–Kier alpha value is -0.370. The number of ether oxygens (including phenoxy) is 1. The predicted molar refractivity (Wildman–Crippen MR) is 57.3 cm³/mol. The van der Waals surface area contributed by atoms with Crippen molar-refractivity contribution in [1.82, 2.24) is 0 Å². The smallest absolute Gasteiger partial charge is 0.135 e. The molecule has 2 heteroatoms. The van der Waals surface area contributed by atoms with Gasteiger partial charge in [0.05, 0.1) is 6.10 Å². The maximum atomic E-state index is 11.6. The molecule has 0 N–H and O–H groups in total. The van der Waals surface area contributed by atoms with Crippen LogP contribution in [0.25, 0.3) is 0 Å². The fraction of sp³-hybridized carbons (Fsp3) is 0.917. The Morgan fingerprint density at radius 1 is 1.57 bits per heavy atom. The monoisotopic (exact) mass is 198 g/mol. The van der Waals surface area contributed by atoms with E-state index in [2.05, 4.69) is 6.92 Å². The van der Waals surface area contributed by atoms with E-state index in [9.17, 15) is 4.79 Å². The van der Waals surface area contributed by atoms with Gasteiger partial charge in [0.2, 0.25) is 0 Å². The van der Waals surface area contributed by atoms with E-state index < -0.39 is 0 Å². The SMILES string of the molecule is CCCC(C)C(=O)CCC1CCCO1. The van der Waals surface area contributed by atoms with Crippen molar-refractivity contribution in [3.63, 3.8) is 0 Å². The molecule has 2 atom stereocenters. The number of ketones is 1. The maximum Gasteiger partial charge on any atom is 0.135 e. The summed E-state index contributed by atoms with van der Waals surface area (Å²) in [5.74, 6) is 0.670. The third-order valence-electron chi connectivity index (χ3n) is 3.01. The summed E-state index contributed by atoms with van der Waals surface area (Å²) >= 11 is 0. The summed E-state index contributed by atoms with van der Waals surface area (Å²) in [6.45, 7) is 5.06. The van der Waals surface area contributed by atoms with E-state index in [1.165, 1.54) is 6.42 Å². The molecule has 1 rings (SSSR count). The zero-order valence-corrected chi connectivity index (χ0v) is 9.42. The molecule has 1 fully saturated rings. The lowest BCUT2D eigenvalue weighted by Gasteiger charge is -2.11. The van der Waals surface area contributed by atoms with Crippen molar-refractivity contribution in [1.29, 1.82) is 0 Å². The second-order valence-corrected chi connectivity index (χ2v) is 4.33. The van der Waals surface area contributed by atoms with Crippen LogP contribution < -0.4 is 0 Å². The van der Waals surface area contributed by atoms with Crippen LogP contribution in [0.5, 0.6) is 0 Å². The zero-order chi connectivity index (χ0) is 10.4. The van der Waals surface area contributed by atoms with Crippen LogP contribution in [0, 0.1) is 5.92 Å². The lowest BCUT2D eigenvalue weighted by atomic mass is 9.96. The van der Waals surface area contributed by atoms with Gasteiger partial charge in [0, 0.05) is 18.9 Å². The molecule has 1 saturated heterocycles. The second-order valence-electron chi connectivity index (χ2n) is 4.33. The van der Waals surface area contributed by atoms with Gasteiger partial charge >= 0.3 is 0 Å². The van der Waals surface area contributed by atoms with Crippen LogP contribution in [0.4, 0.5) is 0 Å². The topological polar surface area (TPSA) is 26.3 Å². The fourth-order valence-corrected chi connectivity index (χ4v) is 2.02. The summed E-state index contributed by atoms with van der Waals surface area (Å²) in [7, 11) is 0. The van der Waals surface area contributed by atoms with Gasteiger partial charge in [-0.3, -0.25) is 4.79 Å². The summed E-state index contributed by atoms with van der Waals surface area (Å²) in [5.41, 5.74) is 0. The van der Waals surface area contributed by atoms with Crippen molar-refractivity contribution in [2.24, 2.45) is 5.92 Å². The highest BCUT2D eigenvalue weighted by Crippen LogP contribution is 2.19. The van der Waals surface area contributed by atoms with E-state index in [4.69, 9.17) is 4.74 Å². The molecule has 0 saturated carbocycles. The van der Waals surface area contributed by atoms with Crippen molar-refractivity contribution in [2.45, 2.75) is 58.5 Å². The first-order chi connectivity index (χ1) is 6.74. The normalized spacial score (nSPS) is 23.7. The van der Waals surface area contributed by atoms with E-state index in [0.717, 1.165) is 32.3 Å². The van der Waals surface area contributed by atoms with Crippen LogP contribution in [0.2, 0.25) is 0 Å². The molecule has 1 heterocycles. The Bertz CT molecular complexity index is 171. The molecule has 0 radical (unpaired) electrons. The van der Waals surface area contributed by atoms with Gasteiger partial charge in [-0.15, -0.1) is 0 Å². The van der Waals surface area contributed by atoms with Crippen molar-refractivity contribution in [2.75, 3.05) is 6.61 Å². The van der Waals surface area contributed by atoms with Gasteiger partial charge in [-0.2, -0.15) is 0 Å². The predicted octanol–water partition coefficient (Wildman–Crippen LogP) is 2.95. The number of rotatable bonds is 6.